The Kier molecular flexibility index (Phi) is 4.18. The average Bonchev–Trinajstić information content (AvgIpc) is 2.29. The summed E-state index contributed by atoms with van der Waals surface area (Å²) in [5, 5.41) is 0. The van der Waals surface area contributed by atoms with Gasteiger partial charge in [-0.15, -0.1) is 11.8 Å². The van der Waals surface area contributed by atoms with E-state index in [1.807, 2.05) is 11.8 Å². The van der Waals surface area contributed by atoms with E-state index in [0.717, 1.165) is 4.47 Å². The van der Waals surface area contributed by atoms with Gasteiger partial charge in [0.05, 0.1) is 0 Å². The van der Waals surface area contributed by atoms with Crippen LogP contribution >= 0.6 is 27.7 Å². The summed E-state index contributed by atoms with van der Waals surface area (Å²) in [6.45, 7) is 6.71. The van der Waals surface area contributed by atoms with Gasteiger partial charge in [0.2, 0.25) is 0 Å². The van der Waals surface area contributed by atoms with Crippen molar-refractivity contribution in [2.24, 2.45) is 0 Å². The summed E-state index contributed by atoms with van der Waals surface area (Å²) in [6.07, 6.45) is 0. The van der Waals surface area contributed by atoms with Gasteiger partial charge in [0.1, 0.15) is 0 Å². The van der Waals surface area contributed by atoms with Crippen molar-refractivity contribution in [2.45, 2.75) is 30.4 Å². The molecule has 0 aliphatic heterocycles. The first-order valence-corrected chi connectivity index (χ1v) is 7.60. The molecule has 0 saturated carbocycles. The van der Waals surface area contributed by atoms with Crippen molar-refractivity contribution in [3.63, 3.8) is 0 Å². The van der Waals surface area contributed by atoms with Crippen LogP contribution in [-0.4, -0.2) is 4.75 Å². The first-order valence-electron chi connectivity index (χ1n) is 5.99. The minimum absolute atomic E-state index is 0.263. The second-order valence-electron chi connectivity index (χ2n) is 5.25. The van der Waals surface area contributed by atoms with Crippen molar-refractivity contribution in [1.82, 2.24) is 0 Å². The van der Waals surface area contributed by atoms with E-state index in [4.69, 9.17) is 0 Å². The number of thioether (sulfide) groups is 1. The fourth-order valence-electron chi connectivity index (χ4n) is 1.71. The Hall–Kier alpha value is -0.730. The average molecular weight is 321 g/mol. The van der Waals surface area contributed by atoms with Gasteiger partial charge >= 0.3 is 0 Å². The Balaban J connectivity index is 2.20. The predicted octanol–water partition coefficient (Wildman–Crippen LogP) is 6.01. The van der Waals surface area contributed by atoms with E-state index in [1.165, 1.54) is 16.0 Å². The lowest BCUT2D eigenvalue weighted by atomic mass is 10.1. The summed E-state index contributed by atoms with van der Waals surface area (Å²) in [5.74, 6) is 0. The summed E-state index contributed by atoms with van der Waals surface area (Å²) in [7, 11) is 0. The van der Waals surface area contributed by atoms with Crippen LogP contribution in [0.3, 0.4) is 0 Å². The number of benzene rings is 2. The van der Waals surface area contributed by atoms with Crippen molar-refractivity contribution in [1.29, 1.82) is 0 Å². The van der Waals surface area contributed by atoms with E-state index >= 15 is 0 Å². The third-order valence-corrected chi connectivity index (χ3v) is 4.10. The third-order valence-electron chi connectivity index (χ3n) is 2.46. The van der Waals surface area contributed by atoms with E-state index in [0.29, 0.717) is 0 Å². The predicted molar refractivity (Wildman–Crippen MR) is 85.2 cm³/mol. The molecule has 94 valence electrons. The SMILES string of the molecule is CC(C)(C)Sc1ccc(-c2ccc(Br)cc2)cc1. The summed E-state index contributed by atoms with van der Waals surface area (Å²) >= 11 is 5.36. The van der Waals surface area contributed by atoms with Crippen LogP contribution in [0, 0.1) is 0 Å². The normalized spacial score (nSPS) is 11.6. The highest BCUT2D eigenvalue weighted by atomic mass is 79.9. The molecule has 2 aromatic carbocycles. The van der Waals surface area contributed by atoms with Crippen LogP contribution in [0.25, 0.3) is 11.1 Å². The molecular formula is C16H17BrS. The first-order chi connectivity index (χ1) is 8.44. The van der Waals surface area contributed by atoms with Gasteiger partial charge in [-0.3, -0.25) is 0 Å². The maximum absolute atomic E-state index is 3.46. The molecule has 0 radical (unpaired) electrons. The van der Waals surface area contributed by atoms with Gasteiger partial charge in [-0.05, 0) is 35.4 Å². The largest absolute Gasteiger partial charge is 0.120 e. The summed E-state index contributed by atoms with van der Waals surface area (Å²) in [4.78, 5) is 1.32. The Morgan fingerprint density at radius 3 is 1.67 bits per heavy atom. The monoisotopic (exact) mass is 320 g/mol. The fourth-order valence-corrected chi connectivity index (χ4v) is 2.95. The van der Waals surface area contributed by atoms with E-state index in [2.05, 4.69) is 85.2 Å². The van der Waals surface area contributed by atoms with Gasteiger partial charge in [0.25, 0.3) is 0 Å². The second-order valence-corrected chi connectivity index (χ2v) is 8.06. The molecule has 2 aromatic rings. The molecular weight excluding hydrogens is 304 g/mol. The van der Waals surface area contributed by atoms with Crippen molar-refractivity contribution in [3.05, 3.63) is 53.0 Å². The maximum Gasteiger partial charge on any atom is 0.0175 e. The third kappa shape index (κ3) is 3.89. The molecule has 0 aromatic heterocycles. The smallest absolute Gasteiger partial charge is 0.0175 e. The van der Waals surface area contributed by atoms with E-state index in [9.17, 15) is 0 Å². The molecule has 0 bridgehead atoms. The highest BCUT2D eigenvalue weighted by molar-refractivity contribution is 9.10. The van der Waals surface area contributed by atoms with Gasteiger partial charge < -0.3 is 0 Å². The van der Waals surface area contributed by atoms with E-state index in [-0.39, 0.29) is 4.75 Å². The summed E-state index contributed by atoms with van der Waals surface area (Å²) < 4.78 is 1.38. The van der Waals surface area contributed by atoms with Crippen LogP contribution in [0.1, 0.15) is 20.8 Å². The molecule has 2 heteroatoms. The van der Waals surface area contributed by atoms with E-state index in [1.54, 1.807) is 0 Å². The van der Waals surface area contributed by atoms with Crippen LogP contribution in [-0.2, 0) is 0 Å². The molecule has 0 amide bonds. The van der Waals surface area contributed by atoms with Crippen molar-refractivity contribution < 1.29 is 0 Å². The zero-order valence-electron chi connectivity index (χ0n) is 10.9. The van der Waals surface area contributed by atoms with Gasteiger partial charge in [-0.1, -0.05) is 61.0 Å². The van der Waals surface area contributed by atoms with Crippen LogP contribution in [0.2, 0.25) is 0 Å². The van der Waals surface area contributed by atoms with Crippen LogP contribution < -0.4 is 0 Å². The Morgan fingerprint density at radius 1 is 0.778 bits per heavy atom. The van der Waals surface area contributed by atoms with Crippen molar-refractivity contribution >= 4 is 27.7 Å². The lowest BCUT2D eigenvalue weighted by molar-refractivity contribution is 0.803. The minimum Gasteiger partial charge on any atom is -0.120 e. The molecule has 0 atom stereocenters. The van der Waals surface area contributed by atoms with Crippen LogP contribution in [0.4, 0.5) is 0 Å². The minimum atomic E-state index is 0.263. The Morgan fingerprint density at radius 2 is 1.22 bits per heavy atom. The van der Waals surface area contributed by atoms with Crippen LogP contribution in [0.5, 0.6) is 0 Å². The number of halogens is 1. The lowest BCUT2D eigenvalue weighted by Crippen LogP contribution is -2.06. The summed E-state index contributed by atoms with van der Waals surface area (Å²) in [5.41, 5.74) is 2.52. The van der Waals surface area contributed by atoms with Crippen molar-refractivity contribution in [2.75, 3.05) is 0 Å². The lowest BCUT2D eigenvalue weighted by Gasteiger charge is -2.17. The summed E-state index contributed by atoms with van der Waals surface area (Å²) in [6, 6.07) is 17.2. The fraction of sp³-hybridized carbons (Fsp3) is 0.250. The van der Waals surface area contributed by atoms with Crippen molar-refractivity contribution in [3.8, 4) is 11.1 Å². The molecule has 0 aliphatic carbocycles. The first kappa shape index (κ1) is 13.7. The molecule has 0 N–H and O–H groups in total. The second kappa shape index (κ2) is 5.50. The zero-order valence-corrected chi connectivity index (χ0v) is 13.3. The molecule has 0 heterocycles. The quantitative estimate of drug-likeness (QED) is 0.611. The molecule has 0 aliphatic rings. The highest BCUT2D eigenvalue weighted by Crippen LogP contribution is 2.33. The topological polar surface area (TPSA) is 0 Å². The van der Waals surface area contributed by atoms with Crippen LogP contribution in [0.15, 0.2) is 57.9 Å². The molecule has 0 unspecified atom stereocenters. The van der Waals surface area contributed by atoms with Gasteiger partial charge in [-0.2, -0.15) is 0 Å². The number of rotatable bonds is 2. The number of hydrogen-bond acceptors (Lipinski definition) is 1. The maximum atomic E-state index is 3.46. The van der Waals surface area contributed by atoms with Gasteiger partial charge in [0.15, 0.2) is 0 Å². The molecule has 0 spiro atoms. The Bertz CT molecular complexity index is 506. The molecule has 18 heavy (non-hydrogen) atoms. The molecule has 0 fully saturated rings. The molecule has 0 nitrogen and oxygen atoms in total. The van der Waals surface area contributed by atoms with Gasteiger partial charge in [-0.25, -0.2) is 0 Å². The van der Waals surface area contributed by atoms with Gasteiger partial charge in [0, 0.05) is 14.1 Å². The van der Waals surface area contributed by atoms with E-state index < -0.39 is 0 Å². The zero-order chi connectivity index (χ0) is 13.2. The molecule has 2 rings (SSSR count). The standard InChI is InChI=1S/C16H17BrS/c1-16(2,3)18-15-10-6-13(7-11-15)12-4-8-14(17)9-5-12/h4-11H,1-3H3. The number of hydrogen-bond donors (Lipinski definition) is 0. The Labute approximate surface area is 122 Å². The molecule has 0 saturated heterocycles. The highest BCUT2D eigenvalue weighted by Gasteiger charge is 2.11.